The fourth-order valence-electron chi connectivity index (χ4n) is 8.02. The maximum absolute atomic E-state index is 10.8. The molecule has 3 fully saturated rings. The van der Waals surface area contributed by atoms with Gasteiger partial charge in [-0.05, 0) is 101 Å². The van der Waals surface area contributed by atoms with Crippen LogP contribution in [0.2, 0.25) is 0 Å². The van der Waals surface area contributed by atoms with Gasteiger partial charge in [0.25, 0.3) is 0 Å². The molecule has 37 heavy (non-hydrogen) atoms. The van der Waals surface area contributed by atoms with Gasteiger partial charge in [0.1, 0.15) is 0 Å². The standard InChI is InChI=1S/C31H51N3O3/c1-22(8-5-15-30(2,3)37)26-13-14-27-24(9-6-16-31(26,27)4)12-11-23-20-28(35)25(29(36)21-23)10-7-19-34-32-17-18-33-34/h11-12,17-18,22,25-29,35-37H,5-10,13-16,19-21H2,1-4H3/b23-11?,24-12+/t22-,25?,26-,27+,28-,29-,31-/m1/s1. The van der Waals surface area contributed by atoms with Crippen molar-refractivity contribution >= 4 is 0 Å². The van der Waals surface area contributed by atoms with E-state index in [9.17, 15) is 15.3 Å². The van der Waals surface area contributed by atoms with Crippen LogP contribution in [0.1, 0.15) is 105 Å². The molecule has 3 saturated carbocycles. The highest BCUT2D eigenvalue weighted by Gasteiger charge is 2.50. The molecule has 3 aliphatic carbocycles. The van der Waals surface area contributed by atoms with Crippen molar-refractivity contribution < 1.29 is 15.3 Å². The number of aryl methyl sites for hydroxylation is 1. The Morgan fingerprint density at radius 1 is 1.11 bits per heavy atom. The van der Waals surface area contributed by atoms with Crippen LogP contribution in [-0.4, -0.2) is 48.1 Å². The van der Waals surface area contributed by atoms with Crippen LogP contribution in [0.5, 0.6) is 0 Å². The van der Waals surface area contributed by atoms with E-state index in [4.69, 9.17) is 0 Å². The van der Waals surface area contributed by atoms with Crippen molar-refractivity contribution in [2.75, 3.05) is 0 Å². The molecule has 3 aliphatic rings. The average Bonchev–Trinajstić information content (AvgIpc) is 3.46. The van der Waals surface area contributed by atoms with Crippen LogP contribution < -0.4 is 0 Å². The number of aliphatic hydroxyl groups is 3. The number of fused-ring (bicyclic) bond motifs is 1. The zero-order valence-electron chi connectivity index (χ0n) is 23.6. The minimum atomic E-state index is -0.561. The van der Waals surface area contributed by atoms with Crippen LogP contribution >= 0.6 is 0 Å². The molecule has 0 aliphatic heterocycles. The lowest BCUT2D eigenvalue weighted by atomic mass is 9.60. The molecule has 1 aromatic rings. The summed E-state index contributed by atoms with van der Waals surface area (Å²) in [6.07, 6.45) is 19.5. The molecule has 0 amide bonds. The molecule has 3 N–H and O–H groups in total. The zero-order valence-corrected chi connectivity index (χ0v) is 23.6. The lowest BCUT2D eigenvalue weighted by molar-refractivity contribution is -0.0109. The minimum Gasteiger partial charge on any atom is -0.392 e. The number of aromatic nitrogens is 3. The number of allylic oxidation sites excluding steroid dienone is 3. The van der Waals surface area contributed by atoms with E-state index in [1.165, 1.54) is 44.1 Å². The Bertz CT molecular complexity index is 905. The minimum absolute atomic E-state index is 0.0770. The molecule has 0 saturated heterocycles. The zero-order chi connectivity index (χ0) is 26.6. The van der Waals surface area contributed by atoms with E-state index in [2.05, 4.69) is 36.2 Å². The molecule has 0 spiro atoms. The molecule has 6 atom stereocenters. The van der Waals surface area contributed by atoms with Crippen LogP contribution in [0.25, 0.3) is 0 Å². The van der Waals surface area contributed by atoms with Gasteiger partial charge in [0.05, 0.1) is 36.7 Å². The smallest absolute Gasteiger partial charge is 0.0693 e. The molecule has 6 heteroatoms. The first-order valence-corrected chi connectivity index (χ1v) is 14.9. The van der Waals surface area contributed by atoms with E-state index in [0.717, 1.165) is 38.1 Å². The summed E-state index contributed by atoms with van der Waals surface area (Å²) in [5.41, 5.74) is 2.58. The summed E-state index contributed by atoms with van der Waals surface area (Å²) < 4.78 is 0. The van der Waals surface area contributed by atoms with Gasteiger partial charge in [0.15, 0.2) is 0 Å². The van der Waals surface area contributed by atoms with Crippen LogP contribution in [0.15, 0.2) is 35.7 Å². The largest absolute Gasteiger partial charge is 0.392 e. The highest BCUT2D eigenvalue weighted by atomic mass is 16.3. The number of aliphatic hydroxyl groups excluding tert-OH is 2. The fourth-order valence-corrected chi connectivity index (χ4v) is 8.02. The van der Waals surface area contributed by atoms with Crippen LogP contribution in [0, 0.1) is 29.1 Å². The van der Waals surface area contributed by atoms with Crippen molar-refractivity contribution in [3.8, 4) is 0 Å². The number of hydrogen-bond acceptors (Lipinski definition) is 5. The van der Waals surface area contributed by atoms with Crippen LogP contribution in [0.3, 0.4) is 0 Å². The third-order valence-electron chi connectivity index (χ3n) is 10.00. The Labute approximate surface area is 224 Å². The van der Waals surface area contributed by atoms with Crippen LogP contribution in [0.4, 0.5) is 0 Å². The van der Waals surface area contributed by atoms with Gasteiger partial charge in [-0.25, -0.2) is 0 Å². The Kier molecular flexibility index (Phi) is 9.34. The van der Waals surface area contributed by atoms with Gasteiger partial charge in [-0.3, -0.25) is 0 Å². The Hall–Kier alpha value is -1.50. The highest BCUT2D eigenvalue weighted by Crippen LogP contribution is 2.60. The van der Waals surface area contributed by atoms with Crippen molar-refractivity contribution in [3.05, 3.63) is 35.7 Å². The van der Waals surface area contributed by atoms with E-state index in [1.807, 2.05) is 13.8 Å². The van der Waals surface area contributed by atoms with Crippen molar-refractivity contribution in [1.29, 1.82) is 0 Å². The molecular formula is C31H51N3O3. The molecule has 0 unspecified atom stereocenters. The van der Waals surface area contributed by atoms with Crippen molar-refractivity contribution in [3.63, 3.8) is 0 Å². The number of rotatable bonds is 10. The van der Waals surface area contributed by atoms with Crippen LogP contribution in [-0.2, 0) is 6.54 Å². The van der Waals surface area contributed by atoms with Gasteiger partial charge < -0.3 is 15.3 Å². The second kappa shape index (κ2) is 12.1. The fraction of sp³-hybridized carbons (Fsp3) is 0.806. The molecule has 1 aromatic heterocycles. The Morgan fingerprint density at radius 3 is 2.49 bits per heavy atom. The molecule has 4 rings (SSSR count). The molecule has 0 radical (unpaired) electrons. The quantitative estimate of drug-likeness (QED) is 0.366. The van der Waals surface area contributed by atoms with E-state index in [0.29, 0.717) is 30.1 Å². The van der Waals surface area contributed by atoms with Crippen molar-refractivity contribution in [2.45, 2.75) is 129 Å². The summed E-state index contributed by atoms with van der Waals surface area (Å²) in [6, 6.07) is 0. The Balaban J connectivity index is 1.33. The number of nitrogens with zero attached hydrogens (tertiary/aromatic N) is 3. The Morgan fingerprint density at radius 2 is 1.81 bits per heavy atom. The summed E-state index contributed by atoms with van der Waals surface area (Å²) in [7, 11) is 0. The molecule has 208 valence electrons. The molecule has 1 heterocycles. The molecule has 0 aromatic carbocycles. The summed E-state index contributed by atoms with van der Waals surface area (Å²) in [4.78, 5) is 1.67. The van der Waals surface area contributed by atoms with Gasteiger partial charge in [-0.1, -0.05) is 50.0 Å². The normalized spacial score (nSPS) is 34.5. The summed E-state index contributed by atoms with van der Waals surface area (Å²) in [6.45, 7) is 9.54. The first-order chi connectivity index (χ1) is 17.6. The van der Waals surface area contributed by atoms with Gasteiger partial charge in [-0.15, -0.1) is 0 Å². The van der Waals surface area contributed by atoms with E-state index < -0.39 is 17.8 Å². The maximum atomic E-state index is 10.8. The van der Waals surface area contributed by atoms with Crippen molar-refractivity contribution in [1.82, 2.24) is 15.0 Å². The summed E-state index contributed by atoms with van der Waals surface area (Å²) >= 11 is 0. The lowest BCUT2D eigenvalue weighted by Crippen LogP contribution is -2.37. The van der Waals surface area contributed by atoms with Gasteiger partial charge in [0, 0.05) is 5.92 Å². The maximum Gasteiger partial charge on any atom is 0.0693 e. The second-order valence-electron chi connectivity index (χ2n) is 13.3. The number of hydrogen-bond donors (Lipinski definition) is 3. The van der Waals surface area contributed by atoms with E-state index >= 15 is 0 Å². The first-order valence-electron chi connectivity index (χ1n) is 14.9. The SMILES string of the molecule is C[C@H](CCCC(C)(C)O)[C@H]1CC[C@H]2/C(=C/C=C3C[C@@H](O)C(CCCn4nccn4)[C@H](O)C3)CCC[C@]12C. The second-order valence-corrected chi connectivity index (χ2v) is 13.3. The topological polar surface area (TPSA) is 91.4 Å². The highest BCUT2D eigenvalue weighted by molar-refractivity contribution is 5.26. The van der Waals surface area contributed by atoms with Gasteiger partial charge >= 0.3 is 0 Å². The molecule has 0 bridgehead atoms. The summed E-state index contributed by atoms with van der Waals surface area (Å²) in [5.74, 6) is 2.03. The summed E-state index contributed by atoms with van der Waals surface area (Å²) in [5, 5.41) is 40.1. The van der Waals surface area contributed by atoms with E-state index in [1.54, 1.807) is 22.8 Å². The first kappa shape index (κ1) is 28.5. The predicted octanol–water partition coefficient (Wildman–Crippen LogP) is 5.84. The van der Waals surface area contributed by atoms with Gasteiger partial charge in [0.2, 0.25) is 0 Å². The average molecular weight is 514 g/mol. The third-order valence-corrected chi connectivity index (χ3v) is 10.00. The van der Waals surface area contributed by atoms with Gasteiger partial charge in [-0.2, -0.15) is 15.0 Å². The lowest BCUT2D eigenvalue weighted by Gasteiger charge is -2.44. The molecule has 6 nitrogen and oxygen atoms in total. The van der Waals surface area contributed by atoms with E-state index in [-0.39, 0.29) is 5.92 Å². The van der Waals surface area contributed by atoms with Crippen molar-refractivity contribution in [2.24, 2.45) is 29.1 Å². The monoisotopic (exact) mass is 513 g/mol. The molecular weight excluding hydrogens is 462 g/mol. The third kappa shape index (κ3) is 7.13. The predicted molar refractivity (Wildman–Crippen MR) is 148 cm³/mol.